The van der Waals surface area contributed by atoms with Crippen molar-refractivity contribution in [1.29, 1.82) is 0 Å². The summed E-state index contributed by atoms with van der Waals surface area (Å²) in [6, 6.07) is 14.9. The highest BCUT2D eigenvalue weighted by Gasteiger charge is 2.19. The van der Waals surface area contributed by atoms with Crippen molar-refractivity contribution in [3.63, 3.8) is 0 Å². The van der Waals surface area contributed by atoms with E-state index in [0.29, 0.717) is 23.7 Å². The molecule has 3 rings (SSSR count). The van der Waals surface area contributed by atoms with E-state index in [0.717, 1.165) is 24.1 Å². The molecule has 0 saturated carbocycles. The van der Waals surface area contributed by atoms with E-state index in [1.165, 1.54) is 6.08 Å². The van der Waals surface area contributed by atoms with Gasteiger partial charge in [-0.05, 0) is 41.8 Å². The van der Waals surface area contributed by atoms with Crippen molar-refractivity contribution in [3.05, 3.63) is 70.8 Å². The second-order valence-electron chi connectivity index (χ2n) is 5.96. The van der Waals surface area contributed by atoms with Crippen LogP contribution in [0, 0.1) is 0 Å². The third-order valence-electron chi connectivity index (χ3n) is 4.06. The van der Waals surface area contributed by atoms with Crippen LogP contribution in [0.3, 0.4) is 0 Å². The molecule has 2 amide bonds. The number of hydrogen-bond acceptors (Lipinski definition) is 2. The van der Waals surface area contributed by atoms with Crippen molar-refractivity contribution < 1.29 is 9.59 Å². The van der Waals surface area contributed by atoms with Gasteiger partial charge in [0.25, 0.3) is 0 Å². The van der Waals surface area contributed by atoms with E-state index in [4.69, 9.17) is 11.6 Å². The van der Waals surface area contributed by atoms with Gasteiger partial charge in [0, 0.05) is 36.3 Å². The molecule has 25 heavy (non-hydrogen) atoms. The van der Waals surface area contributed by atoms with Crippen molar-refractivity contribution in [3.8, 4) is 0 Å². The minimum Gasteiger partial charge on any atom is -0.338 e. The van der Waals surface area contributed by atoms with Crippen LogP contribution in [-0.2, 0) is 16.1 Å². The average Bonchev–Trinajstić information content (AvgIpc) is 2.99. The lowest BCUT2D eigenvalue weighted by Crippen LogP contribution is -2.23. The zero-order valence-corrected chi connectivity index (χ0v) is 14.5. The number of likely N-dealkylation sites (tertiary alicyclic amines) is 1. The van der Waals surface area contributed by atoms with Crippen LogP contribution in [0.1, 0.15) is 24.0 Å². The van der Waals surface area contributed by atoms with E-state index in [-0.39, 0.29) is 11.8 Å². The first kappa shape index (κ1) is 17.2. The van der Waals surface area contributed by atoms with Gasteiger partial charge in [0.2, 0.25) is 11.8 Å². The standard InChI is InChI=1S/C20H19ClN2O2/c21-18-8-2-1-6-16(18)10-11-19(24)22-17-7-3-5-15(13-17)14-23-12-4-9-20(23)25/h1-3,5-8,10-11,13H,4,9,12,14H2,(H,22,24)/b11-10+. The molecule has 4 nitrogen and oxygen atoms in total. The summed E-state index contributed by atoms with van der Waals surface area (Å²) in [6.45, 7) is 1.38. The zero-order valence-electron chi connectivity index (χ0n) is 13.7. The van der Waals surface area contributed by atoms with Crippen molar-refractivity contribution in [2.75, 3.05) is 11.9 Å². The van der Waals surface area contributed by atoms with E-state index in [2.05, 4.69) is 5.32 Å². The molecular formula is C20H19ClN2O2. The van der Waals surface area contributed by atoms with Crippen LogP contribution in [0.15, 0.2) is 54.6 Å². The largest absolute Gasteiger partial charge is 0.338 e. The van der Waals surface area contributed by atoms with Gasteiger partial charge in [-0.25, -0.2) is 0 Å². The maximum atomic E-state index is 12.1. The van der Waals surface area contributed by atoms with Crippen LogP contribution in [0.25, 0.3) is 6.08 Å². The lowest BCUT2D eigenvalue weighted by atomic mass is 10.2. The topological polar surface area (TPSA) is 49.4 Å². The van der Waals surface area contributed by atoms with Crippen LogP contribution in [-0.4, -0.2) is 23.3 Å². The summed E-state index contributed by atoms with van der Waals surface area (Å²) in [4.78, 5) is 25.7. The quantitative estimate of drug-likeness (QED) is 0.821. The predicted molar refractivity (Wildman–Crippen MR) is 100 cm³/mol. The molecule has 0 unspecified atom stereocenters. The van der Waals surface area contributed by atoms with Crippen LogP contribution < -0.4 is 5.32 Å². The highest BCUT2D eigenvalue weighted by Crippen LogP contribution is 2.18. The summed E-state index contributed by atoms with van der Waals surface area (Å²) in [5, 5.41) is 3.44. The van der Waals surface area contributed by atoms with Crippen molar-refractivity contribution >= 4 is 35.2 Å². The Kier molecular flexibility index (Phi) is 5.51. The third-order valence-corrected chi connectivity index (χ3v) is 4.40. The summed E-state index contributed by atoms with van der Waals surface area (Å²) in [6.07, 6.45) is 4.69. The molecule has 0 spiro atoms. The Labute approximate surface area is 152 Å². The van der Waals surface area contributed by atoms with E-state index in [1.54, 1.807) is 12.1 Å². The minimum atomic E-state index is -0.227. The smallest absolute Gasteiger partial charge is 0.248 e. The van der Waals surface area contributed by atoms with Gasteiger partial charge >= 0.3 is 0 Å². The molecule has 0 radical (unpaired) electrons. The summed E-state index contributed by atoms with van der Waals surface area (Å²) < 4.78 is 0. The predicted octanol–water partition coefficient (Wildman–Crippen LogP) is 4.11. The van der Waals surface area contributed by atoms with Crippen molar-refractivity contribution in [2.45, 2.75) is 19.4 Å². The Bertz CT molecular complexity index is 817. The minimum absolute atomic E-state index is 0.192. The number of amides is 2. The number of anilines is 1. The number of hydrogen-bond donors (Lipinski definition) is 1. The van der Waals surface area contributed by atoms with E-state index < -0.39 is 0 Å². The zero-order chi connectivity index (χ0) is 17.6. The van der Waals surface area contributed by atoms with Crippen LogP contribution >= 0.6 is 11.6 Å². The fourth-order valence-corrected chi connectivity index (χ4v) is 3.00. The molecule has 0 aromatic heterocycles. The number of nitrogens with one attached hydrogen (secondary N) is 1. The Morgan fingerprint density at radius 3 is 2.80 bits per heavy atom. The SMILES string of the molecule is O=C(/C=C/c1ccccc1Cl)Nc1cccc(CN2CCCC2=O)c1. The molecule has 1 fully saturated rings. The number of nitrogens with zero attached hydrogens (tertiary/aromatic N) is 1. The normalized spacial score (nSPS) is 14.3. The van der Waals surface area contributed by atoms with E-state index in [1.807, 2.05) is 47.4 Å². The summed E-state index contributed by atoms with van der Waals surface area (Å²) >= 11 is 6.07. The first-order chi connectivity index (χ1) is 12.1. The molecular weight excluding hydrogens is 336 g/mol. The Hall–Kier alpha value is -2.59. The number of carbonyl (C=O) groups excluding carboxylic acids is 2. The van der Waals surface area contributed by atoms with Crippen molar-refractivity contribution in [1.82, 2.24) is 4.90 Å². The lowest BCUT2D eigenvalue weighted by Gasteiger charge is -2.16. The highest BCUT2D eigenvalue weighted by atomic mass is 35.5. The number of rotatable bonds is 5. The van der Waals surface area contributed by atoms with Crippen LogP contribution in [0.2, 0.25) is 5.02 Å². The van der Waals surface area contributed by atoms with Gasteiger partial charge in [-0.1, -0.05) is 41.9 Å². The number of carbonyl (C=O) groups is 2. The van der Waals surface area contributed by atoms with Gasteiger partial charge in [0.1, 0.15) is 0 Å². The molecule has 128 valence electrons. The Morgan fingerprint density at radius 1 is 1.20 bits per heavy atom. The maximum Gasteiger partial charge on any atom is 0.248 e. The number of benzene rings is 2. The van der Waals surface area contributed by atoms with Gasteiger partial charge in [-0.3, -0.25) is 9.59 Å². The molecule has 1 aliphatic rings. The van der Waals surface area contributed by atoms with Crippen LogP contribution in [0.4, 0.5) is 5.69 Å². The molecule has 0 aliphatic carbocycles. The lowest BCUT2D eigenvalue weighted by molar-refractivity contribution is -0.128. The fourth-order valence-electron chi connectivity index (χ4n) is 2.80. The second-order valence-corrected chi connectivity index (χ2v) is 6.37. The summed E-state index contributed by atoms with van der Waals surface area (Å²) in [5.41, 5.74) is 2.50. The van der Waals surface area contributed by atoms with Crippen LogP contribution in [0.5, 0.6) is 0 Å². The molecule has 2 aromatic carbocycles. The van der Waals surface area contributed by atoms with Gasteiger partial charge in [0.15, 0.2) is 0 Å². The average molecular weight is 355 g/mol. The molecule has 1 aliphatic heterocycles. The van der Waals surface area contributed by atoms with Crippen molar-refractivity contribution in [2.24, 2.45) is 0 Å². The molecule has 5 heteroatoms. The number of halogens is 1. The monoisotopic (exact) mass is 354 g/mol. The fraction of sp³-hybridized carbons (Fsp3) is 0.200. The maximum absolute atomic E-state index is 12.1. The summed E-state index contributed by atoms with van der Waals surface area (Å²) in [7, 11) is 0. The molecule has 0 atom stereocenters. The van der Waals surface area contributed by atoms with Gasteiger partial charge < -0.3 is 10.2 Å². The van der Waals surface area contributed by atoms with E-state index in [9.17, 15) is 9.59 Å². The Balaban J connectivity index is 1.62. The molecule has 1 saturated heterocycles. The van der Waals surface area contributed by atoms with Gasteiger partial charge in [-0.15, -0.1) is 0 Å². The van der Waals surface area contributed by atoms with Gasteiger partial charge in [0.05, 0.1) is 0 Å². The van der Waals surface area contributed by atoms with E-state index >= 15 is 0 Å². The molecule has 0 bridgehead atoms. The summed E-state index contributed by atoms with van der Waals surface area (Å²) in [5.74, 6) is -0.0357. The second kappa shape index (κ2) is 7.99. The Morgan fingerprint density at radius 2 is 2.04 bits per heavy atom. The van der Waals surface area contributed by atoms with Gasteiger partial charge in [-0.2, -0.15) is 0 Å². The molecule has 1 heterocycles. The molecule has 1 N–H and O–H groups in total. The molecule has 2 aromatic rings. The first-order valence-electron chi connectivity index (χ1n) is 8.22. The first-order valence-corrected chi connectivity index (χ1v) is 8.60. The highest BCUT2D eigenvalue weighted by molar-refractivity contribution is 6.32. The third kappa shape index (κ3) is 4.70.